The number of nitrogens with two attached hydrogens (primary N) is 1. The molecule has 0 unspecified atom stereocenters. The Hall–Kier alpha value is -1.73. The second-order valence-electron chi connectivity index (χ2n) is 3.21. The maximum Gasteiger partial charge on any atom is 0.248 e. The highest BCUT2D eigenvalue weighted by Crippen LogP contribution is 2.17. The van der Waals surface area contributed by atoms with Gasteiger partial charge in [0, 0.05) is 5.69 Å². The molecule has 1 rings (SSSR count). The summed E-state index contributed by atoms with van der Waals surface area (Å²) >= 11 is 0. The predicted molar refractivity (Wildman–Crippen MR) is 61.2 cm³/mol. The Kier molecular flexibility index (Phi) is 3.97. The molecule has 0 aliphatic carbocycles. The maximum atomic E-state index is 13.1. The lowest BCUT2D eigenvalue weighted by molar-refractivity contribution is -0.111. The summed E-state index contributed by atoms with van der Waals surface area (Å²) in [6.07, 6.45) is 2.72. The van der Waals surface area contributed by atoms with Crippen LogP contribution in [0.25, 0.3) is 0 Å². The van der Waals surface area contributed by atoms with Crippen molar-refractivity contribution >= 4 is 21.6 Å². The Bertz CT molecular complexity index is 567. The van der Waals surface area contributed by atoms with Crippen molar-refractivity contribution in [2.24, 2.45) is 5.14 Å². The van der Waals surface area contributed by atoms with E-state index in [1.165, 1.54) is 12.2 Å². The molecule has 1 aromatic rings. The van der Waals surface area contributed by atoms with Crippen LogP contribution in [0.1, 0.15) is 6.92 Å². The number of carbonyl (C=O) groups is 1. The lowest BCUT2D eigenvalue weighted by Crippen LogP contribution is -2.14. The molecule has 0 aliphatic rings. The Balaban J connectivity index is 3.11. The molecule has 0 bridgehead atoms. The number of anilines is 1. The van der Waals surface area contributed by atoms with Gasteiger partial charge in [0.1, 0.15) is 5.82 Å². The monoisotopic (exact) mass is 258 g/mol. The van der Waals surface area contributed by atoms with Crippen molar-refractivity contribution in [3.63, 3.8) is 0 Å². The number of rotatable bonds is 3. The third-order valence-electron chi connectivity index (χ3n) is 1.79. The first-order valence-corrected chi connectivity index (χ1v) is 6.14. The fourth-order valence-corrected chi connectivity index (χ4v) is 1.70. The van der Waals surface area contributed by atoms with Gasteiger partial charge >= 0.3 is 0 Å². The minimum atomic E-state index is -4.01. The van der Waals surface area contributed by atoms with E-state index in [9.17, 15) is 17.6 Å². The zero-order valence-electron chi connectivity index (χ0n) is 8.98. The van der Waals surface area contributed by atoms with Crippen molar-refractivity contribution in [2.75, 3.05) is 5.32 Å². The van der Waals surface area contributed by atoms with E-state index >= 15 is 0 Å². The third-order valence-corrected chi connectivity index (χ3v) is 2.68. The van der Waals surface area contributed by atoms with E-state index in [0.29, 0.717) is 0 Å². The van der Waals surface area contributed by atoms with Crippen LogP contribution in [0.4, 0.5) is 10.1 Å². The smallest absolute Gasteiger partial charge is 0.248 e. The normalized spacial score (nSPS) is 11.7. The first-order chi connectivity index (χ1) is 7.82. The second kappa shape index (κ2) is 5.07. The first-order valence-electron chi connectivity index (χ1n) is 4.60. The number of primary sulfonamides is 1. The summed E-state index contributed by atoms with van der Waals surface area (Å²) in [7, 11) is -4.01. The molecule has 0 aliphatic heterocycles. The molecule has 3 N–H and O–H groups in total. The van der Waals surface area contributed by atoms with Gasteiger partial charge in [-0.2, -0.15) is 0 Å². The quantitative estimate of drug-likeness (QED) is 0.792. The van der Waals surface area contributed by atoms with Crippen LogP contribution in [-0.4, -0.2) is 14.3 Å². The van der Waals surface area contributed by atoms with Crippen molar-refractivity contribution < 1.29 is 17.6 Å². The maximum absolute atomic E-state index is 13.1. The summed E-state index contributed by atoms with van der Waals surface area (Å²) in [5.74, 6) is -1.29. The number of hydrogen-bond acceptors (Lipinski definition) is 3. The Morgan fingerprint density at radius 1 is 1.41 bits per heavy atom. The number of allylic oxidation sites excluding steroid dienone is 1. The number of carbonyl (C=O) groups excluding carboxylic acids is 1. The number of benzene rings is 1. The minimum absolute atomic E-state index is 0.0251. The Labute approximate surface area is 98.2 Å². The second-order valence-corrected chi connectivity index (χ2v) is 4.77. The highest BCUT2D eigenvalue weighted by atomic mass is 32.2. The van der Waals surface area contributed by atoms with Crippen LogP contribution in [0, 0.1) is 5.82 Å². The van der Waals surface area contributed by atoms with Gasteiger partial charge < -0.3 is 5.32 Å². The summed E-state index contributed by atoms with van der Waals surface area (Å²) in [5, 5.41) is 7.17. The van der Waals surface area contributed by atoms with Gasteiger partial charge in [-0.15, -0.1) is 0 Å². The fraction of sp³-hybridized carbons (Fsp3) is 0.100. The third kappa shape index (κ3) is 3.97. The molecule has 0 spiro atoms. The van der Waals surface area contributed by atoms with Gasteiger partial charge in [-0.25, -0.2) is 17.9 Å². The van der Waals surface area contributed by atoms with Gasteiger partial charge in [0.2, 0.25) is 15.9 Å². The van der Waals surface area contributed by atoms with E-state index in [-0.39, 0.29) is 5.69 Å². The van der Waals surface area contributed by atoms with E-state index in [2.05, 4.69) is 5.32 Å². The highest BCUT2D eigenvalue weighted by molar-refractivity contribution is 7.89. The van der Waals surface area contributed by atoms with Crippen LogP contribution in [-0.2, 0) is 14.8 Å². The van der Waals surface area contributed by atoms with Gasteiger partial charge in [-0.1, -0.05) is 6.08 Å². The van der Waals surface area contributed by atoms with Crippen LogP contribution >= 0.6 is 0 Å². The number of hydrogen-bond donors (Lipinski definition) is 2. The van der Waals surface area contributed by atoms with Crippen molar-refractivity contribution in [3.8, 4) is 0 Å². The first kappa shape index (κ1) is 13.3. The van der Waals surface area contributed by atoms with Crippen LogP contribution < -0.4 is 10.5 Å². The molecule has 0 fully saturated rings. The highest BCUT2D eigenvalue weighted by Gasteiger charge is 2.11. The summed E-state index contributed by atoms with van der Waals surface area (Å²) < 4.78 is 35.2. The molecular formula is C10H11FN2O3S. The molecule has 0 saturated heterocycles. The number of halogens is 1. The van der Waals surface area contributed by atoms with E-state index in [1.54, 1.807) is 6.92 Å². The van der Waals surface area contributed by atoms with Crippen molar-refractivity contribution in [2.45, 2.75) is 11.8 Å². The minimum Gasteiger partial charge on any atom is -0.322 e. The van der Waals surface area contributed by atoms with Crippen LogP contribution in [0.15, 0.2) is 35.2 Å². The van der Waals surface area contributed by atoms with Gasteiger partial charge in [0.05, 0.1) is 4.90 Å². The van der Waals surface area contributed by atoms with E-state index < -0.39 is 26.6 Å². The summed E-state index contributed by atoms with van der Waals surface area (Å²) in [4.78, 5) is 10.8. The SMILES string of the molecule is C/C=C/C(=O)Nc1cc(F)cc(S(N)(=O)=O)c1. The topological polar surface area (TPSA) is 89.3 Å². The van der Waals surface area contributed by atoms with Crippen LogP contribution in [0.3, 0.4) is 0 Å². The molecule has 7 heteroatoms. The lowest BCUT2D eigenvalue weighted by Gasteiger charge is -2.05. The summed E-state index contributed by atoms with van der Waals surface area (Å²) in [5.41, 5.74) is 0.0251. The molecule has 0 heterocycles. The van der Waals surface area contributed by atoms with Crippen molar-refractivity contribution in [1.29, 1.82) is 0 Å². The lowest BCUT2D eigenvalue weighted by atomic mass is 10.3. The summed E-state index contributed by atoms with van der Waals surface area (Å²) in [6, 6.07) is 2.86. The molecule has 0 saturated carbocycles. The van der Waals surface area contributed by atoms with Crippen LogP contribution in [0.2, 0.25) is 0 Å². The average molecular weight is 258 g/mol. The molecular weight excluding hydrogens is 247 g/mol. The molecule has 1 aromatic carbocycles. The van der Waals surface area contributed by atoms with Crippen LogP contribution in [0.5, 0.6) is 0 Å². The Morgan fingerprint density at radius 2 is 2.06 bits per heavy atom. The summed E-state index contributed by atoms with van der Waals surface area (Å²) in [6.45, 7) is 1.64. The van der Waals surface area contributed by atoms with Gasteiger partial charge in [-0.3, -0.25) is 4.79 Å². The molecule has 1 amide bonds. The molecule has 0 aromatic heterocycles. The van der Waals surface area contributed by atoms with Crippen molar-refractivity contribution in [3.05, 3.63) is 36.2 Å². The van der Waals surface area contributed by atoms with E-state index in [1.807, 2.05) is 0 Å². The molecule has 0 atom stereocenters. The number of amides is 1. The predicted octanol–water partition coefficient (Wildman–Crippen LogP) is 0.988. The van der Waals surface area contributed by atoms with E-state index in [0.717, 1.165) is 18.2 Å². The van der Waals surface area contributed by atoms with Gasteiger partial charge in [0.25, 0.3) is 0 Å². The fourth-order valence-electron chi connectivity index (χ4n) is 1.13. The number of sulfonamides is 1. The van der Waals surface area contributed by atoms with Crippen molar-refractivity contribution in [1.82, 2.24) is 0 Å². The zero-order chi connectivity index (χ0) is 13.1. The van der Waals surface area contributed by atoms with Gasteiger partial charge in [0.15, 0.2) is 0 Å². The van der Waals surface area contributed by atoms with Gasteiger partial charge in [-0.05, 0) is 31.2 Å². The molecule has 0 radical (unpaired) electrons. The average Bonchev–Trinajstić information content (AvgIpc) is 2.15. The zero-order valence-corrected chi connectivity index (χ0v) is 9.79. The molecule has 17 heavy (non-hydrogen) atoms. The largest absolute Gasteiger partial charge is 0.322 e. The molecule has 92 valence electrons. The number of nitrogens with one attached hydrogen (secondary N) is 1. The van der Waals surface area contributed by atoms with E-state index in [4.69, 9.17) is 5.14 Å². The standard InChI is InChI=1S/C10H11FN2O3S/c1-2-3-10(14)13-8-4-7(11)5-9(6-8)17(12,15)16/h2-6H,1H3,(H,13,14)(H2,12,15,16)/b3-2+. The Morgan fingerprint density at radius 3 is 2.59 bits per heavy atom. The molecule has 5 nitrogen and oxygen atoms in total.